The number of esters is 1. The zero-order valence-electron chi connectivity index (χ0n) is 19.5. The van der Waals surface area contributed by atoms with Crippen LogP contribution >= 0.6 is 0 Å². The lowest BCUT2D eigenvalue weighted by Gasteiger charge is -2.22. The van der Waals surface area contributed by atoms with Gasteiger partial charge in [0.15, 0.2) is 11.5 Å². The quantitative estimate of drug-likeness (QED) is 0.429. The van der Waals surface area contributed by atoms with Gasteiger partial charge in [-0.15, -0.1) is 0 Å². The van der Waals surface area contributed by atoms with Gasteiger partial charge in [0.2, 0.25) is 5.91 Å². The minimum atomic E-state index is -0.629. The molecule has 178 valence electrons. The largest absolute Gasteiger partial charge is 0.493 e. The molecule has 0 aromatic heterocycles. The summed E-state index contributed by atoms with van der Waals surface area (Å²) in [6.07, 6.45) is -0.452. The lowest BCUT2D eigenvalue weighted by molar-refractivity contribution is -0.141. The molecule has 3 aromatic carbocycles. The molecule has 0 saturated heterocycles. The molecular weight excluding hydrogens is 434 g/mol. The molecule has 0 aliphatic carbocycles. The second-order valence-corrected chi connectivity index (χ2v) is 7.53. The SMILES string of the molecule is COC(=O)CC(NC(=O)COC(c1ccccc1)c1ccccc1)c1ccc(OC)c(OC)c1. The molecule has 0 saturated carbocycles. The number of carbonyl (C=O) groups is 2. The molecule has 0 aliphatic heterocycles. The Balaban J connectivity index is 1.76. The van der Waals surface area contributed by atoms with Crippen molar-refractivity contribution in [3.8, 4) is 11.5 Å². The van der Waals surface area contributed by atoms with E-state index in [2.05, 4.69) is 5.32 Å². The maximum absolute atomic E-state index is 12.9. The van der Waals surface area contributed by atoms with Crippen molar-refractivity contribution in [3.63, 3.8) is 0 Å². The highest BCUT2D eigenvalue weighted by Crippen LogP contribution is 2.31. The summed E-state index contributed by atoms with van der Waals surface area (Å²) in [5.41, 5.74) is 2.55. The fourth-order valence-corrected chi connectivity index (χ4v) is 3.61. The lowest BCUT2D eigenvalue weighted by Crippen LogP contribution is -2.33. The molecule has 34 heavy (non-hydrogen) atoms. The van der Waals surface area contributed by atoms with Crippen LogP contribution in [0, 0.1) is 0 Å². The minimum Gasteiger partial charge on any atom is -0.493 e. The van der Waals surface area contributed by atoms with E-state index in [-0.39, 0.29) is 18.9 Å². The Morgan fingerprint density at radius 2 is 1.35 bits per heavy atom. The van der Waals surface area contributed by atoms with Crippen molar-refractivity contribution >= 4 is 11.9 Å². The fraction of sp³-hybridized carbons (Fsp3) is 0.259. The van der Waals surface area contributed by atoms with E-state index in [0.29, 0.717) is 17.1 Å². The van der Waals surface area contributed by atoms with Crippen LogP contribution in [-0.2, 0) is 19.1 Å². The smallest absolute Gasteiger partial charge is 0.307 e. The molecule has 0 aliphatic rings. The van der Waals surface area contributed by atoms with E-state index < -0.39 is 18.1 Å². The average molecular weight is 464 g/mol. The number of amides is 1. The standard InChI is InChI=1S/C27H29NO6/c1-31-23-15-14-21(16-24(23)32-2)22(17-26(30)33-3)28-25(29)18-34-27(19-10-6-4-7-11-19)20-12-8-5-9-13-20/h4-16,22,27H,17-18H2,1-3H3,(H,28,29). The van der Waals surface area contributed by atoms with Crippen molar-refractivity contribution < 1.29 is 28.5 Å². The van der Waals surface area contributed by atoms with Crippen LogP contribution in [0.4, 0.5) is 0 Å². The highest BCUT2D eigenvalue weighted by molar-refractivity contribution is 5.79. The molecule has 0 bridgehead atoms. The van der Waals surface area contributed by atoms with Crippen LogP contribution in [0.2, 0.25) is 0 Å². The number of nitrogens with one attached hydrogen (secondary N) is 1. The fourth-order valence-electron chi connectivity index (χ4n) is 3.61. The third-order valence-corrected chi connectivity index (χ3v) is 5.33. The number of hydrogen-bond donors (Lipinski definition) is 1. The van der Waals surface area contributed by atoms with Gasteiger partial charge >= 0.3 is 5.97 Å². The third-order valence-electron chi connectivity index (χ3n) is 5.33. The maximum Gasteiger partial charge on any atom is 0.307 e. The van der Waals surface area contributed by atoms with E-state index in [9.17, 15) is 9.59 Å². The molecule has 0 fully saturated rings. The third kappa shape index (κ3) is 6.59. The first-order valence-corrected chi connectivity index (χ1v) is 10.8. The first-order chi connectivity index (χ1) is 16.5. The lowest BCUT2D eigenvalue weighted by atomic mass is 10.0. The van der Waals surface area contributed by atoms with Gasteiger partial charge in [0.05, 0.1) is 33.8 Å². The van der Waals surface area contributed by atoms with Gasteiger partial charge in [-0.25, -0.2) is 0 Å². The van der Waals surface area contributed by atoms with E-state index >= 15 is 0 Å². The van der Waals surface area contributed by atoms with E-state index in [4.69, 9.17) is 18.9 Å². The Bertz CT molecular complexity index is 1030. The Hall–Kier alpha value is -3.84. The van der Waals surface area contributed by atoms with Crippen LogP contribution in [-0.4, -0.2) is 39.8 Å². The Morgan fingerprint density at radius 1 is 0.765 bits per heavy atom. The van der Waals surface area contributed by atoms with Crippen molar-refractivity contribution in [1.29, 1.82) is 0 Å². The molecule has 0 radical (unpaired) electrons. The van der Waals surface area contributed by atoms with Crippen LogP contribution < -0.4 is 14.8 Å². The van der Waals surface area contributed by atoms with Gasteiger partial charge in [-0.3, -0.25) is 9.59 Å². The van der Waals surface area contributed by atoms with Crippen LogP contribution in [0.1, 0.15) is 35.3 Å². The number of rotatable bonds is 11. The number of ether oxygens (including phenoxy) is 4. The summed E-state index contributed by atoms with van der Waals surface area (Å²) in [5, 5.41) is 2.88. The molecular formula is C27H29NO6. The summed E-state index contributed by atoms with van der Waals surface area (Å²) in [7, 11) is 4.37. The predicted octanol–water partition coefficient (Wildman–Crippen LogP) is 4.23. The molecule has 7 nitrogen and oxygen atoms in total. The first-order valence-electron chi connectivity index (χ1n) is 10.8. The number of methoxy groups -OCH3 is 3. The first kappa shape index (κ1) is 24.8. The Labute approximate surface area is 199 Å². The topological polar surface area (TPSA) is 83.1 Å². The summed E-state index contributed by atoms with van der Waals surface area (Å²) in [4.78, 5) is 24.9. The summed E-state index contributed by atoms with van der Waals surface area (Å²) in [5.74, 6) is 0.230. The number of carbonyl (C=O) groups excluding carboxylic acids is 2. The van der Waals surface area contributed by atoms with Gasteiger partial charge in [0, 0.05) is 0 Å². The van der Waals surface area contributed by atoms with Crippen LogP contribution in [0.5, 0.6) is 11.5 Å². The highest BCUT2D eigenvalue weighted by Gasteiger charge is 2.22. The van der Waals surface area contributed by atoms with E-state index in [0.717, 1.165) is 11.1 Å². The van der Waals surface area contributed by atoms with Gasteiger partial charge in [-0.2, -0.15) is 0 Å². The number of hydrogen-bond acceptors (Lipinski definition) is 6. The second kappa shape index (κ2) is 12.4. The average Bonchev–Trinajstić information content (AvgIpc) is 2.89. The van der Waals surface area contributed by atoms with Gasteiger partial charge in [0.25, 0.3) is 0 Å². The minimum absolute atomic E-state index is 0.0431. The molecule has 7 heteroatoms. The number of benzene rings is 3. The van der Waals surface area contributed by atoms with Gasteiger partial charge in [0.1, 0.15) is 12.7 Å². The molecule has 1 amide bonds. The Kier molecular flexibility index (Phi) is 9.05. The van der Waals surface area contributed by atoms with Crippen LogP contribution in [0.15, 0.2) is 78.9 Å². The zero-order chi connectivity index (χ0) is 24.3. The van der Waals surface area contributed by atoms with Crippen molar-refractivity contribution in [3.05, 3.63) is 95.6 Å². The Morgan fingerprint density at radius 3 is 1.88 bits per heavy atom. The molecule has 1 unspecified atom stereocenters. The predicted molar refractivity (Wildman–Crippen MR) is 128 cm³/mol. The highest BCUT2D eigenvalue weighted by atomic mass is 16.5. The molecule has 1 atom stereocenters. The van der Waals surface area contributed by atoms with E-state index in [1.54, 1.807) is 25.3 Å². The normalized spacial score (nSPS) is 11.5. The van der Waals surface area contributed by atoms with Crippen molar-refractivity contribution in [2.75, 3.05) is 27.9 Å². The van der Waals surface area contributed by atoms with E-state index in [1.807, 2.05) is 60.7 Å². The summed E-state index contributed by atoms with van der Waals surface area (Å²) >= 11 is 0. The molecule has 1 N–H and O–H groups in total. The van der Waals surface area contributed by atoms with E-state index in [1.165, 1.54) is 14.2 Å². The molecule has 3 rings (SSSR count). The van der Waals surface area contributed by atoms with Gasteiger partial charge in [-0.1, -0.05) is 66.7 Å². The van der Waals surface area contributed by atoms with Crippen LogP contribution in [0.3, 0.4) is 0 Å². The summed E-state index contributed by atoms with van der Waals surface area (Å²) in [6, 6.07) is 24.0. The van der Waals surface area contributed by atoms with Gasteiger partial charge in [-0.05, 0) is 28.8 Å². The second-order valence-electron chi connectivity index (χ2n) is 7.53. The summed E-state index contributed by atoms with van der Waals surface area (Å²) in [6.45, 7) is -0.195. The molecule has 3 aromatic rings. The van der Waals surface area contributed by atoms with Crippen LogP contribution in [0.25, 0.3) is 0 Å². The molecule has 0 heterocycles. The van der Waals surface area contributed by atoms with Crippen molar-refractivity contribution in [2.45, 2.75) is 18.6 Å². The summed E-state index contributed by atoms with van der Waals surface area (Å²) < 4.78 is 21.5. The van der Waals surface area contributed by atoms with Crippen molar-refractivity contribution in [2.24, 2.45) is 0 Å². The monoisotopic (exact) mass is 463 g/mol. The zero-order valence-corrected chi connectivity index (χ0v) is 19.5. The molecule has 0 spiro atoms. The van der Waals surface area contributed by atoms with Gasteiger partial charge < -0.3 is 24.3 Å². The van der Waals surface area contributed by atoms with Crippen molar-refractivity contribution in [1.82, 2.24) is 5.32 Å². The maximum atomic E-state index is 12.9.